The van der Waals surface area contributed by atoms with Crippen molar-refractivity contribution < 1.29 is 4.43 Å². The number of rotatable bonds is 10. The fourth-order valence-electron chi connectivity index (χ4n) is 1.56. The van der Waals surface area contributed by atoms with Crippen molar-refractivity contribution in [2.75, 3.05) is 6.61 Å². The van der Waals surface area contributed by atoms with Gasteiger partial charge in [0.05, 0.1) is 0 Å². The second kappa shape index (κ2) is 10.8. The highest BCUT2D eigenvalue weighted by atomic mass is 28.4. The van der Waals surface area contributed by atoms with Crippen molar-refractivity contribution in [1.82, 2.24) is 0 Å². The number of unbranched alkanes of at least 4 members (excludes halogenated alkanes) is 5. The predicted molar refractivity (Wildman–Crippen MR) is 81.0 cm³/mol. The van der Waals surface area contributed by atoms with Gasteiger partial charge in [0.2, 0.25) is 0 Å². The minimum absolute atomic E-state index is 0.969. The fraction of sp³-hybridized carbons (Fsp3) is 0.733. The molecule has 0 saturated heterocycles. The summed E-state index contributed by atoms with van der Waals surface area (Å²) < 4.78 is 5.82. The smallest absolute Gasteiger partial charge is 0.183 e. The molecule has 0 bridgehead atoms. The summed E-state index contributed by atoms with van der Waals surface area (Å²) >= 11 is 0. The van der Waals surface area contributed by atoms with Crippen LogP contribution in [0.4, 0.5) is 0 Å². The Labute approximate surface area is 109 Å². The Kier molecular flexibility index (Phi) is 10.6. The van der Waals surface area contributed by atoms with Crippen molar-refractivity contribution in [2.45, 2.75) is 65.1 Å². The zero-order chi connectivity index (χ0) is 13.0. The molecule has 0 aromatic heterocycles. The minimum atomic E-state index is -1.27. The summed E-state index contributed by atoms with van der Waals surface area (Å²) in [4.78, 5) is 0. The molecule has 0 aliphatic rings. The molecule has 0 spiro atoms. The van der Waals surface area contributed by atoms with E-state index in [1.807, 2.05) is 6.92 Å². The summed E-state index contributed by atoms with van der Waals surface area (Å²) in [6.07, 6.45) is 16.4. The molecule has 0 fully saturated rings. The second-order valence-electron chi connectivity index (χ2n) is 5.47. The van der Waals surface area contributed by atoms with Crippen molar-refractivity contribution >= 4 is 8.32 Å². The van der Waals surface area contributed by atoms with Crippen molar-refractivity contribution in [3.63, 3.8) is 0 Å². The summed E-state index contributed by atoms with van der Waals surface area (Å²) in [5.41, 5.74) is 0. The topological polar surface area (TPSA) is 9.23 Å². The third-order valence-corrected chi connectivity index (χ3v) is 3.56. The molecule has 17 heavy (non-hydrogen) atoms. The molecular weight excluding hydrogens is 224 g/mol. The molecule has 0 aromatic rings. The highest BCUT2D eigenvalue weighted by molar-refractivity contribution is 6.69. The van der Waals surface area contributed by atoms with Gasteiger partial charge >= 0.3 is 0 Å². The molecule has 2 heteroatoms. The molecule has 0 aliphatic carbocycles. The molecule has 0 N–H and O–H groups in total. The first-order valence-electron chi connectivity index (χ1n) is 6.98. The van der Waals surface area contributed by atoms with E-state index in [9.17, 15) is 0 Å². The average molecular weight is 254 g/mol. The molecule has 0 radical (unpaired) electrons. The van der Waals surface area contributed by atoms with E-state index in [1.54, 1.807) is 0 Å². The van der Waals surface area contributed by atoms with Gasteiger partial charge in [-0.05, 0) is 45.8 Å². The van der Waals surface area contributed by atoms with E-state index < -0.39 is 8.32 Å². The number of hydrogen-bond acceptors (Lipinski definition) is 1. The summed E-state index contributed by atoms with van der Waals surface area (Å²) in [5.74, 6) is 0. The number of hydrogen-bond donors (Lipinski definition) is 0. The van der Waals surface area contributed by atoms with Gasteiger partial charge in [-0.15, -0.1) is 0 Å². The third kappa shape index (κ3) is 15.7. The Morgan fingerprint density at radius 2 is 1.53 bits per heavy atom. The average Bonchev–Trinajstić information content (AvgIpc) is 2.24. The monoisotopic (exact) mass is 254 g/mol. The Morgan fingerprint density at radius 1 is 0.882 bits per heavy atom. The molecule has 0 heterocycles. The van der Waals surface area contributed by atoms with Crippen LogP contribution >= 0.6 is 0 Å². The largest absolute Gasteiger partial charge is 0.418 e. The van der Waals surface area contributed by atoms with Gasteiger partial charge in [0.15, 0.2) is 8.32 Å². The molecule has 0 unspecified atom stereocenters. The van der Waals surface area contributed by atoms with Gasteiger partial charge in [-0.25, -0.2) is 0 Å². The summed E-state index contributed by atoms with van der Waals surface area (Å²) in [5, 5.41) is 0. The highest BCUT2D eigenvalue weighted by Gasteiger charge is 2.12. The van der Waals surface area contributed by atoms with Crippen molar-refractivity contribution in [3.05, 3.63) is 24.3 Å². The maximum Gasteiger partial charge on any atom is 0.183 e. The molecule has 0 atom stereocenters. The minimum Gasteiger partial charge on any atom is -0.418 e. The Hall–Kier alpha value is -0.343. The van der Waals surface area contributed by atoms with E-state index in [0.29, 0.717) is 0 Å². The second-order valence-corrected chi connectivity index (χ2v) is 9.98. The fourth-order valence-corrected chi connectivity index (χ4v) is 2.32. The highest BCUT2D eigenvalue weighted by Crippen LogP contribution is 2.08. The first-order valence-corrected chi connectivity index (χ1v) is 10.4. The van der Waals surface area contributed by atoms with Crippen molar-refractivity contribution in [3.8, 4) is 0 Å². The van der Waals surface area contributed by atoms with Gasteiger partial charge in [0, 0.05) is 6.61 Å². The van der Waals surface area contributed by atoms with Crippen LogP contribution in [0.25, 0.3) is 0 Å². The Balaban J connectivity index is 3.14. The van der Waals surface area contributed by atoms with E-state index in [4.69, 9.17) is 4.43 Å². The standard InChI is InChI=1S/C15H30OSi/c1-5-6-7-8-9-10-11-12-13-14-15-16-17(2,3)4/h5-8H,9-15H2,1-4H3/b6-5?,8-7+. The van der Waals surface area contributed by atoms with Gasteiger partial charge in [0.1, 0.15) is 0 Å². The first kappa shape index (κ1) is 16.7. The molecule has 100 valence electrons. The van der Waals surface area contributed by atoms with Gasteiger partial charge in [-0.1, -0.05) is 43.6 Å². The van der Waals surface area contributed by atoms with Gasteiger partial charge in [0.25, 0.3) is 0 Å². The zero-order valence-corrected chi connectivity index (χ0v) is 13.2. The quantitative estimate of drug-likeness (QED) is 0.291. The lowest BCUT2D eigenvalue weighted by atomic mass is 10.1. The summed E-state index contributed by atoms with van der Waals surface area (Å²) in [6, 6.07) is 0. The van der Waals surface area contributed by atoms with Crippen LogP contribution in [0.3, 0.4) is 0 Å². The van der Waals surface area contributed by atoms with Crippen molar-refractivity contribution in [2.24, 2.45) is 0 Å². The van der Waals surface area contributed by atoms with Crippen LogP contribution in [0.15, 0.2) is 24.3 Å². The lowest BCUT2D eigenvalue weighted by molar-refractivity contribution is 0.298. The van der Waals surface area contributed by atoms with E-state index in [0.717, 1.165) is 6.61 Å². The lowest BCUT2D eigenvalue weighted by Crippen LogP contribution is -2.25. The molecular formula is C15H30OSi. The van der Waals surface area contributed by atoms with Crippen LogP contribution in [-0.4, -0.2) is 14.9 Å². The van der Waals surface area contributed by atoms with E-state index in [-0.39, 0.29) is 0 Å². The normalized spacial score (nSPS) is 12.9. The van der Waals surface area contributed by atoms with Crippen LogP contribution in [0.1, 0.15) is 45.4 Å². The van der Waals surface area contributed by atoms with Crippen LogP contribution in [0.2, 0.25) is 19.6 Å². The molecule has 0 aromatic carbocycles. The molecule has 0 aliphatic heterocycles. The summed E-state index contributed by atoms with van der Waals surface area (Å²) in [7, 11) is -1.27. The SMILES string of the molecule is CC=C/C=C/CCCCCCCO[Si](C)(C)C. The van der Waals surface area contributed by atoms with E-state index >= 15 is 0 Å². The van der Waals surface area contributed by atoms with Crippen LogP contribution < -0.4 is 0 Å². The lowest BCUT2D eigenvalue weighted by Gasteiger charge is -2.16. The van der Waals surface area contributed by atoms with E-state index in [1.165, 1.54) is 38.5 Å². The first-order chi connectivity index (χ1) is 8.06. The number of allylic oxidation sites excluding steroid dienone is 4. The van der Waals surface area contributed by atoms with Crippen molar-refractivity contribution in [1.29, 1.82) is 0 Å². The molecule has 0 saturated carbocycles. The Bertz CT molecular complexity index is 213. The zero-order valence-electron chi connectivity index (χ0n) is 12.2. The molecule has 0 amide bonds. The van der Waals surface area contributed by atoms with Gasteiger partial charge in [-0.2, -0.15) is 0 Å². The molecule has 0 rings (SSSR count). The van der Waals surface area contributed by atoms with Crippen LogP contribution in [0, 0.1) is 0 Å². The van der Waals surface area contributed by atoms with E-state index in [2.05, 4.69) is 43.9 Å². The van der Waals surface area contributed by atoms with Crippen LogP contribution in [-0.2, 0) is 4.43 Å². The summed E-state index contributed by atoms with van der Waals surface area (Å²) in [6.45, 7) is 9.78. The predicted octanol–water partition coefficient (Wildman–Crippen LogP) is 5.31. The van der Waals surface area contributed by atoms with Crippen LogP contribution in [0.5, 0.6) is 0 Å². The van der Waals surface area contributed by atoms with Gasteiger partial charge < -0.3 is 4.43 Å². The maximum atomic E-state index is 5.82. The Morgan fingerprint density at radius 3 is 2.18 bits per heavy atom. The maximum absolute atomic E-state index is 5.82. The third-order valence-electron chi connectivity index (χ3n) is 2.49. The van der Waals surface area contributed by atoms with Gasteiger partial charge in [-0.3, -0.25) is 0 Å². The molecule has 1 nitrogen and oxygen atoms in total.